The Balaban J connectivity index is 1.83. The van der Waals surface area contributed by atoms with Gasteiger partial charge in [-0.3, -0.25) is 14.4 Å². The van der Waals surface area contributed by atoms with Crippen LogP contribution in [-0.4, -0.2) is 74.5 Å². The van der Waals surface area contributed by atoms with Crippen LogP contribution in [-0.2, 0) is 19.1 Å². The zero-order valence-electron chi connectivity index (χ0n) is 20.9. The van der Waals surface area contributed by atoms with Crippen molar-refractivity contribution in [2.24, 2.45) is 11.8 Å². The molecule has 0 aromatic heterocycles. The van der Waals surface area contributed by atoms with Gasteiger partial charge in [-0.2, -0.15) is 0 Å². The maximum atomic E-state index is 14.5. The molecule has 3 unspecified atom stereocenters. The highest BCUT2D eigenvalue weighted by molar-refractivity contribution is 9.09. The van der Waals surface area contributed by atoms with Crippen molar-refractivity contribution in [3.05, 3.63) is 54.6 Å². The van der Waals surface area contributed by atoms with Crippen LogP contribution in [0.2, 0.25) is 0 Å². The second-order valence-electron chi connectivity index (χ2n) is 9.89. The monoisotopic (exact) mass is 576 g/mol. The number of esters is 1. The third-order valence-corrected chi connectivity index (χ3v) is 10.8. The molecule has 9 heteroatoms. The third-order valence-electron chi connectivity index (χ3n) is 7.55. The van der Waals surface area contributed by atoms with Crippen LogP contribution in [0, 0.1) is 25.7 Å². The van der Waals surface area contributed by atoms with Crippen LogP contribution in [0.1, 0.15) is 24.5 Å². The molecule has 2 bridgehead atoms. The second kappa shape index (κ2) is 10.3. The number of aliphatic hydroxyl groups is 1. The number of carbonyl (C=O) groups is 3. The molecule has 1 spiro atoms. The maximum absolute atomic E-state index is 14.5. The molecule has 2 amide bonds. The lowest BCUT2D eigenvalue weighted by atomic mass is 9.71. The summed E-state index contributed by atoms with van der Waals surface area (Å²) in [5.74, 6) is -2.33. The molecule has 3 aliphatic rings. The van der Waals surface area contributed by atoms with Crippen molar-refractivity contribution >= 4 is 51.2 Å². The van der Waals surface area contributed by atoms with Gasteiger partial charge in [-0.05, 0) is 44.4 Å². The lowest BCUT2D eigenvalue weighted by Crippen LogP contribution is -2.57. The van der Waals surface area contributed by atoms with Crippen molar-refractivity contribution in [2.45, 2.75) is 54.1 Å². The molecule has 7 atom stereocenters. The molecule has 0 aliphatic carbocycles. The summed E-state index contributed by atoms with van der Waals surface area (Å²) < 4.78 is 4.60. The zero-order valence-corrected chi connectivity index (χ0v) is 23.3. The maximum Gasteiger partial charge on any atom is 0.311 e. The van der Waals surface area contributed by atoms with Crippen molar-refractivity contribution in [1.82, 2.24) is 4.90 Å². The Bertz CT molecular complexity index is 1100. The van der Waals surface area contributed by atoms with Crippen molar-refractivity contribution in [3.63, 3.8) is 0 Å². The number of ether oxygens (including phenoxy) is 1. The zero-order chi connectivity index (χ0) is 26.4. The van der Waals surface area contributed by atoms with Gasteiger partial charge in [-0.1, -0.05) is 46.8 Å². The van der Waals surface area contributed by atoms with Gasteiger partial charge in [0, 0.05) is 22.3 Å². The smallest absolute Gasteiger partial charge is 0.311 e. The summed E-state index contributed by atoms with van der Waals surface area (Å²) in [5.41, 5.74) is 2.71. The number of halogens is 1. The van der Waals surface area contributed by atoms with E-state index in [-0.39, 0.29) is 41.6 Å². The van der Waals surface area contributed by atoms with Gasteiger partial charge in [0.25, 0.3) is 5.91 Å². The Morgan fingerprint density at radius 3 is 2.72 bits per heavy atom. The number of aliphatic hydroxyl groups excluding tert-OH is 1. The largest absolute Gasteiger partial charge is 0.461 e. The van der Waals surface area contributed by atoms with Gasteiger partial charge in [-0.25, -0.2) is 0 Å². The number of likely N-dealkylation sites (tertiary alicyclic amines) is 1. The molecule has 4 rings (SSSR count). The normalized spacial score (nSPS) is 31.2. The molecular weight excluding hydrogens is 544 g/mol. The minimum Gasteiger partial charge on any atom is -0.461 e. The molecule has 1 aromatic rings. The molecule has 7 nitrogen and oxygen atoms in total. The molecule has 0 radical (unpaired) electrons. The number of carbonyl (C=O) groups excluding carboxylic acids is 3. The summed E-state index contributed by atoms with van der Waals surface area (Å²) in [7, 11) is 0. The van der Waals surface area contributed by atoms with E-state index in [0.29, 0.717) is 6.42 Å². The number of rotatable bonds is 9. The molecule has 1 N–H and O–H groups in total. The van der Waals surface area contributed by atoms with Crippen LogP contribution in [0.15, 0.2) is 43.5 Å². The summed E-state index contributed by atoms with van der Waals surface area (Å²) in [6, 6.07) is 4.49. The lowest BCUT2D eigenvalue weighted by molar-refractivity contribution is -0.153. The number of anilines is 1. The van der Waals surface area contributed by atoms with E-state index in [1.54, 1.807) is 29.7 Å². The third kappa shape index (κ3) is 4.13. The van der Waals surface area contributed by atoms with Gasteiger partial charge < -0.3 is 19.6 Å². The van der Waals surface area contributed by atoms with E-state index in [9.17, 15) is 19.5 Å². The van der Waals surface area contributed by atoms with Crippen molar-refractivity contribution < 1.29 is 24.2 Å². The highest BCUT2D eigenvalue weighted by Crippen LogP contribution is 2.68. The topological polar surface area (TPSA) is 87.1 Å². The average Bonchev–Trinajstić information content (AvgIpc) is 3.45. The Hall–Kier alpha value is -2.10. The number of hydrogen-bond acceptors (Lipinski definition) is 6. The molecule has 3 aliphatic heterocycles. The van der Waals surface area contributed by atoms with Gasteiger partial charge in [0.15, 0.2) is 0 Å². The Morgan fingerprint density at radius 1 is 1.36 bits per heavy atom. The predicted molar refractivity (Wildman–Crippen MR) is 145 cm³/mol. The number of nitrogens with zero attached hydrogens (tertiary/aromatic N) is 2. The fourth-order valence-electron chi connectivity index (χ4n) is 6.01. The van der Waals surface area contributed by atoms with Crippen LogP contribution >= 0.6 is 27.7 Å². The minimum atomic E-state index is -0.843. The SMILES string of the molecule is C=CCOC(=O)[C@H]1[C@H]2C(=O)N([C@H](C)CO)C(C(=O)N(CC=C)c3cc(C)ccc3C)C23CC(Br)[C@@H]1S3. The van der Waals surface area contributed by atoms with E-state index >= 15 is 0 Å². The van der Waals surface area contributed by atoms with Gasteiger partial charge in [0.05, 0.1) is 29.2 Å². The number of aryl methyl sites for hydroxylation is 2. The van der Waals surface area contributed by atoms with E-state index < -0.39 is 34.6 Å². The van der Waals surface area contributed by atoms with Crippen LogP contribution in [0.4, 0.5) is 5.69 Å². The quantitative estimate of drug-likeness (QED) is 0.275. The van der Waals surface area contributed by atoms with Crippen LogP contribution < -0.4 is 4.90 Å². The summed E-state index contributed by atoms with van der Waals surface area (Å²) in [6.07, 6.45) is 3.73. The van der Waals surface area contributed by atoms with Gasteiger partial charge in [0.2, 0.25) is 5.91 Å². The summed E-state index contributed by atoms with van der Waals surface area (Å²) in [5, 5.41) is 9.88. The van der Waals surface area contributed by atoms with Gasteiger partial charge in [0.1, 0.15) is 12.6 Å². The summed E-state index contributed by atoms with van der Waals surface area (Å²) >= 11 is 5.29. The molecule has 36 heavy (non-hydrogen) atoms. The second-order valence-corrected chi connectivity index (χ2v) is 12.6. The number of thioether (sulfide) groups is 1. The molecule has 0 saturated carbocycles. The van der Waals surface area contributed by atoms with Crippen LogP contribution in [0.5, 0.6) is 0 Å². The van der Waals surface area contributed by atoms with E-state index in [1.165, 1.54) is 11.0 Å². The van der Waals surface area contributed by atoms with Gasteiger partial charge in [-0.15, -0.1) is 18.3 Å². The molecule has 3 saturated heterocycles. The molecular formula is C27H33BrN2O5S. The first kappa shape index (κ1) is 26.9. The number of benzene rings is 1. The Morgan fingerprint density at radius 2 is 2.08 bits per heavy atom. The molecule has 1 aromatic carbocycles. The van der Waals surface area contributed by atoms with Crippen LogP contribution in [0.25, 0.3) is 0 Å². The number of alkyl halides is 1. The first-order valence-electron chi connectivity index (χ1n) is 12.1. The molecule has 194 valence electrons. The highest BCUT2D eigenvalue weighted by Gasteiger charge is 2.76. The van der Waals surface area contributed by atoms with Crippen LogP contribution in [0.3, 0.4) is 0 Å². The van der Waals surface area contributed by atoms with Gasteiger partial charge >= 0.3 is 5.97 Å². The molecule has 3 heterocycles. The van der Waals surface area contributed by atoms with Crippen molar-refractivity contribution in [1.29, 1.82) is 0 Å². The molecule has 3 fully saturated rings. The van der Waals surface area contributed by atoms with E-state index in [0.717, 1.165) is 16.8 Å². The Kier molecular flexibility index (Phi) is 7.74. The predicted octanol–water partition coefficient (Wildman–Crippen LogP) is 3.40. The number of fused-ring (bicyclic) bond motifs is 1. The van der Waals surface area contributed by atoms with E-state index in [4.69, 9.17) is 4.74 Å². The number of hydrogen-bond donors (Lipinski definition) is 1. The number of amides is 2. The highest BCUT2D eigenvalue weighted by atomic mass is 79.9. The summed E-state index contributed by atoms with van der Waals surface area (Å²) in [6.45, 7) is 13.2. The fraction of sp³-hybridized carbons (Fsp3) is 0.519. The lowest BCUT2D eigenvalue weighted by Gasteiger charge is -2.39. The van der Waals surface area contributed by atoms with E-state index in [1.807, 2.05) is 32.0 Å². The average molecular weight is 578 g/mol. The first-order valence-corrected chi connectivity index (χ1v) is 13.9. The summed E-state index contributed by atoms with van der Waals surface area (Å²) in [4.78, 5) is 44.8. The fourth-order valence-corrected chi connectivity index (χ4v) is 9.59. The Labute approximate surface area is 225 Å². The van der Waals surface area contributed by atoms with Crippen molar-refractivity contribution in [3.8, 4) is 0 Å². The van der Waals surface area contributed by atoms with Crippen molar-refractivity contribution in [2.75, 3.05) is 24.7 Å². The van der Waals surface area contributed by atoms with E-state index in [2.05, 4.69) is 29.1 Å². The minimum absolute atomic E-state index is 0.0546. The standard InChI is InChI=1S/C27H33BrN2O5S/c1-6-10-29(19-12-15(3)8-9-16(19)4)25(33)23-27-13-18(28)22(36-27)20(26(34)35-11-7-2)21(27)24(32)30(23)17(5)14-31/h6-9,12,17-18,20-23,31H,1-2,10-11,13-14H2,3-5H3/t17-,18?,20+,21+,22+,23?,27?/m1/s1. The first-order chi connectivity index (χ1) is 17.1.